The molecule has 146 valence electrons. The van der Waals surface area contributed by atoms with Crippen molar-refractivity contribution in [3.8, 4) is 0 Å². The van der Waals surface area contributed by atoms with Crippen LogP contribution in [0, 0.1) is 0 Å². The fraction of sp³-hybridized carbons (Fsp3) is 0.533. The lowest BCUT2D eigenvalue weighted by molar-refractivity contribution is -0.140. The average Bonchev–Trinajstić information content (AvgIpc) is 3.37. The molecule has 12 heteroatoms. The maximum atomic E-state index is 10.3. The first-order chi connectivity index (χ1) is 12.8. The highest BCUT2D eigenvalue weighted by molar-refractivity contribution is 8.13. The van der Waals surface area contributed by atoms with E-state index in [0.29, 0.717) is 24.4 Å². The molecule has 0 aromatic carbocycles. The summed E-state index contributed by atoms with van der Waals surface area (Å²) in [6.07, 6.45) is 1.64. The maximum absolute atomic E-state index is 10.3. The number of hydrogen-bond donors (Lipinski definition) is 0. The van der Waals surface area contributed by atoms with E-state index < -0.39 is 0 Å². The molecule has 0 amide bonds. The highest BCUT2D eigenvalue weighted by Gasteiger charge is 2.11. The Balaban J connectivity index is 0.000000180. The SMILES string of the molecule is CC1=NN=NC1.CC1=NOC(=O)C1.CC1=NOC(=S)C1.CC1=NSC(=O)C1. The lowest BCUT2D eigenvalue weighted by Crippen LogP contribution is -1.92. The summed E-state index contributed by atoms with van der Waals surface area (Å²) in [4.78, 5) is 29.2. The number of thiocarbonyl (C=S) groups is 1. The Hall–Kier alpha value is -2.34. The molecule has 0 aromatic rings. The van der Waals surface area contributed by atoms with Crippen LogP contribution in [-0.4, -0.2) is 45.5 Å². The summed E-state index contributed by atoms with van der Waals surface area (Å²) in [5.74, 6) is -0.252. The predicted molar refractivity (Wildman–Crippen MR) is 108 cm³/mol. The van der Waals surface area contributed by atoms with Crippen molar-refractivity contribution in [1.29, 1.82) is 0 Å². The van der Waals surface area contributed by atoms with Gasteiger partial charge in [0.2, 0.25) is 10.2 Å². The number of nitrogens with zero attached hydrogens (tertiary/aromatic N) is 6. The van der Waals surface area contributed by atoms with Crippen LogP contribution in [0.1, 0.15) is 47.0 Å². The molecule has 0 saturated carbocycles. The van der Waals surface area contributed by atoms with Gasteiger partial charge in [-0.15, -0.1) is 5.10 Å². The zero-order chi connectivity index (χ0) is 20.2. The molecule has 10 nitrogen and oxygen atoms in total. The van der Waals surface area contributed by atoms with Crippen LogP contribution in [0.25, 0.3) is 0 Å². The second-order valence-corrected chi connectivity index (χ2v) is 6.90. The van der Waals surface area contributed by atoms with E-state index in [9.17, 15) is 9.59 Å². The first-order valence-corrected chi connectivity index (χ1v) is 9.04. The van der Waals surface area contributed by atoms with Crippen molar-refractivity contribution in [3.05, 3.63) is 0 Å². The van der Waals surface area contributed by atoms with Crippen molar-refractivity contribution in [3.63, 3.8) is 0 Å². The Morgan fingerprint density at radius 2 is 1.56 bits per heavy atom. The standard InChI is InChI=1S/C4H5NO2.2C4H5NOS.C3H5N3/c2*1-3-2-4(6)7-5-3;1-3-2-4(7)6-5-3;1-3-2-4-6-5-3/h3*2H2,1H3;2H2,1H3. The van der Waals surface area contributed by atoms with E-state index in [1.807, 2.05) is 20.8 Å². The van der Waals surface area contributed by atoms with Gasteiger partial charge in [-0.2, -0.15) is 5.11 Å². The van der Waals surface area contributed by atoms with E-state index in [4.69, 9.17) is 0 Å². The molecule has 0 unspecified atom stereocenters. The number of oxime groups is 2. The summed E-state index contributed by atoms with van der Waals surface area (Å²) >= 11 is 5.71. The third kappa shape index (κ3) is 11.1. The molecule has 0 aromatic heterocycles. The normalized spacial score (nSPS) is 19.2. The minimum Gasteiger partial charge on any atom is -0.349 e. The summed E-state index contributed by atoms with van der Waals surface area (Å²) in [6.45, 7) is 8.10. The van der Waals surface area contributed by atoms with Crippen molar-refractivity contribution >= 4 is 63.1 Å². The molecule has 0 aliphatic carbocycles. The molecule has 0 fully saturated rings. The van der Waals surface area contributed by atoms with Crippen molar-refractivity contribution in [1.82, 2.24) is 0 Å². The highest BCUT2D eigenvalue weighted by Crippen LogP contribution is 2.15. The minimum absolute atomic E-state index is 0.164. The van der Waals surface area contributed by atoms with E-state index in [1.165, 1.54) is 0 Å². The molecule has 0 N–H and O–H groups in total. The Kier molecular flexibility index (Phi) is 10.2. The Morgan fingerprint density at radius 1 is 0.889 bits per heavy atom. The monoisotopic (exact) mass is 412 g/mol. The highest BCUT2D eigenvalue weighted by atomic mass is 32.2. The molecule has 0 atom stereocenters. The molecular weight excluding hydrogens is 392 g/mol. The van der Waals surface area contributed by atoms with Gasteiger partial charge in [0.15, 0.2) is 0 Å². The van der Waals surface area contributed by atoms with E-state index in [0.717, 1.165) is 41.2 Å². The maximum Gasteiger partial charge on any atom is 0.340 e. The van der Waals surface area contributed by atoms with Gasteiger partial charge in [-0.3, -0.25) is 4.79 Å². The fourth-order valence-corrected chi connectivity index (χ4v) is 2.32. The van der Waals surface area contributed by atoms with Gasteiger partial charge in [0.25, 0.3) is 0 Å². The molecule has 0 radical (unpaired) electrons. The quantitative estimate of drug-likeness (QED) is 0.341. The molecule has 4 aliphatic rings. The zero-order valence-corrected chi connectivity index (χ0v) is 17.1. The number of carbonyl (C=O) groups is 2. The van der Waals surface area contributed by atoms with Gasteiger partial charge in [-0.25, -0.2) is 9.19 Å². The van der Waals surface area contributed by atoms with Gasteiger partial charge in [0.05, 0.1) is 36.4 Å². The minimum atomic E-state index is -0.252. The van der Waals surface area contributed by atoms with Gasteiger partial charge in [0, 0.05) is 17.7 Å². The summed E-state index contributed by atoms with van der Waals surface area (Å²) in [5, 5.41) is 18.3. The van der Waals surface area contributed by atoms with Gasteiger partial charge in [-0.1, -0.05) is 10.3 Å². The molecule has 0 bridgehead atoms. The molecular formula is C15H20N6O4S2. The summed E-state index contributed by atoms with van der Waals surface area (Å²) in [5.41, 5.74) is 3.65. The van der Waals surface area contributed by atoms with Crippen LogP contribution in [0.4, 0.5) is 0 Å². The van der Waals surface area contributed by atoms with E-state index >= 15 is 0 Å². The van der Waals surface area contributed by atoms with Gasteiger partial charge in [0.1, 0.15) is 6.54 Å². The van der Waals surface area contributed by atoms with E-state index in [1.54, 1.807) is 6.92 Å². The lowest BCUT2D eigenvalue weighted by Gasteiger charge is -1.79. The van der Waals surface area contributed by atoms with Crippen LogP contribution in [-0.2, 0) is 19.3 Å². The third-order valence-corrected chi connectivity index (χ3v) is 3.66. The van der Waals surface area contributed by atoms with E-state index in [2.05, 4.69) is 52.0 Å². The number of rotatable bonds is 0. The van der Waals surface area contributed by atoms with Crippen LogP contribution in [0.5, 0.6) is 0 Å². The van der Waals surface area contributed by atoms with Crippen LogP contribution >= 0.6 is 24.2 Å². The first-order valence-electron chi connectivity index (χ1n) is 7.86. The van der Waals surface area contributed by atoms with Crippen molar-refractivity contribution in [2.45, 2.75) is 47.0 Å². The second-order valence-electron chi connectivity index (χ2n) is 5.62. The third-order valence-electron chi connectivity index (χ3n) is 2.69. The molecule has 4 aliphatic heterocycles. The van der Waals surface area contributed by atoms with Crippen LogP contribution < -0.4 is 0 Å². The smallest absolute Gasteiger partial charge is 0.340 e. The largest absolute Gasteiger partial charge is 0.349 e. The van der Waals surface area contributed by atoms with Gasteiger partial charge >= 0.3 is 5.97 Å². The summed E-state index contributed by atoms with van der Waals surface area (Å²) < 4.78 is 3.80. The van der Waals surface area contributed by atoms with E-state index in [-0.39, 0.29) is 11.1 Å². The lowest BCUT2D eigenvalue weighted by atomic mass is 10.3. The Labute approximate surface area is 166 Å². The van der Waals surface area contributed by atoms with Gasteiger partial charge < -0.3 is 9.68 Å². The van der Waals surface area contributed by atoms with Crippen molar-refractivity contribution in [2.24, 2.45) is 30.1 Å². The summed E-state index contributed by atoms with van der Waals surface area (Å²) in [6, 6.07) is 0. The number of carbonyl (C=O) groups excluding carboxylic acids is 2. The van der Waals surface area contributed by atoms with Crippen LogP contribution in [0.15, 0.2) is 30.1 Å². The molecule has 0 spiro atoms. The van der Waals surface area contributed by atoms with Crippen molar-refractivity contribution < 1.29 is 19.3 Å². The fourth-order valence-electron chi connectivity index (χ4n) is 1.48. The topological polar surface area (TPSA) is 127 Å². The molecule has 4 heterocycles. The van der Waals surface area contributed by atoms with Crippen LogP contribution in [0.2, 0.25) is 0 Å². The number of hydrogen-bond acceptors (Lipinski definition) is 12. The Morgan fingerprint density at radius 3 is 1.70 bits per heavy atom. The molecule has 4 rings (SSSR count). The second kappa shape index (κ2) is 12.1. The molecule has 0 saturated heterocycles. The van der Waals surface area contributed by atoms with Gasteiger partial charge in [-0.05, 0) is 45.1 Å². The Bertz CT molecular complexity index is 667. The van der Waals surface area contributed by atoms with Crippen LogP contribution in [0.3, 0.4) is 0 Å². The first kappa shape index (κ1) is 22.7. The van der Waals surface area contributed by atoms with Crippen molar-refractivity contribution in [2.75, 3.05) is 6.54 Å². The predicted octanol–water partition coefficient (Wildman–Crippen LogP) is 3.27. The zero-order valence-electron chi connectivity index (χ0n) is 15.5. The average molecular weight is 412 g/mol. The molecule has 27 heavy (non-hydrogen) atoms. The summed E-state index contributed by atoms with van der Waals surface area (Å²) in [7, 11) is 0.